The van der Waals surface area contributed by atoms with Crippen molar-refractivity contribution in [3.05, 3.63) is 88.1 Å². The summed E-state index contributed by atoms with van der Waals surface area (Å²) in [5.74, 6) is -1.59. The normalized spacial score (nSPS) is 11.0. The minimum atomic E-state index is -1.10. The maximum Gasteiger partial charge on any atom is 0.336 e. The molecular weight excluding hydrogens is 421 g/mol. The van der Waals surface area contributed by atoms with Crippen molar-refractivity contribution >= 4 is 32.8 Å². The Hall–Kier alpha value is -3.05. The molecule has 28 heavy (non-hydrogen) atoms. The van der Waals surface area contributed by atoms with Gasteiger partial charge in [-0.05, 0) is 53.9 Å². The van der Waals surface area contributed by atoms with Crippen LogP contribution < -0.4 is 0 Å². The van der Waals surface area contributed by atoms with Crippen LogP contribution in [0.25, 0.3) is 33.3 Å². The van der Waals surface area contributed by atoms with Crippen LogP contribution in [0.4, 0.5) is 4.39 Å². The number of carboxylic acids is 1. The summed E-state index contributed by atoms with van der Waals surface area (Å²) in [5, 5.41) is 10.1. The second kappa shape index (κ2) is 7.17. The predicted octanol–water partition coefficient (Wildman–Crippen LogP) is 6.48. The van der Waals surface area contributed by atoms with E-state index in [1.807, 2.05) is 48.5 Å². The molecule has 0 aliphatic carbocycles. The summed E-state index contributed by atoms with van der Waals surface area (Å²) >= 11 is 3.44. The molecule has 0 saturated heterocycles. The van der Waals surface area contributed by atoms with Crippen LogP contribution in [0.5, 0.6) is 0 Å². The fraction of sp³-hybridized carbons (Fsp3) is 0.0435. The lowest BCUT2D eigenvalue weighted by Gasteiger charge is -2.15. The maximum atomic E-state index is 13.7. The number of fused-ring (bicyclic) bond motifs is 1. The Bertz CT molecular complexity index is 1220. The molecule has 0 amide bonds. The first-order valence-corrected chi connectivity index (χ1v) is 9.43. The van der Waals surface area contributed by atoms with Crippen LogP contribution >= 0.6 is 15.9 Å². The predicted molar refractivity (Wildman–Crippen MR) is 112 cm³/mol. The number of benzene rings is 3. The van der Waals surface area contributed by atoms with Crippen LogP contribution in [-0.4, -0.2) is 16.1 Å². The average molecular weight is 436 g/mol. The first-order chi connectivity index (χ1) is 13.5. The van der Waals surface area contributed by atoms with Gasteiger partial charge in [0, 0.05) is 15.4 Å². The lowest BCUT2D eigenvalue weighted by molar-refractivity contribution is 0.0698. The molecule has 0 radical (unpaired) electrons. The Balaban J connectivity index is 2.03. The number of pyridine rings is 1. The van der Waals surface area contributed by atoms with Crippen molar-refractivity contribution in [1.82, 2.24) is 4.98 Å². The first-order valence-electron chi connectivity index (χ1n) is 8.64. The van der Waals surface area contributed by atoms with Crippen molar-refractivity contribution < 1.29 is 14.3 Å². The van der Waals surface area contributed by atoms with Gasteiger partial charge in [0.15, 0.2) is 0 Å². The van der Waals surface area contributed by atoms with E-state index in [1.165, 1.54) is 18.2 Å². The highest BCUT2D eigenvalue weighted by Gasteiger charge is 2.20. The molecule has 0 atom stereocenters. The summed E-state index contributed by atoms with van der Waals surface area (Å²) in [6.45, 7) is 1.72. The van der Waals surface area contributed by atoms with Gasteiger partial charge in [0.2, 0.25) is 0 Å². The number of halogens is 2. The second-order valence-electron chi connectivity index (χ2n) is 6.48. The molecule has 0 fully saturated rings. The van der Waals surface area contributed by atoms with Gasteiger partial charge < -0.3 is 5.11 Å². The molecule has 138 valence electrons. The zero-order valence-corrected chi connectivity index (χ0v) is 16.5. The minimum absolute atomic E-state index is 0.0742. The van der Waals surface area contributed by atoms with Gasteiger partial charge in [-0.2, -0.15) is 0 Å². The average Bonchev–Trinajstić information content (AvgIpc) is 2.68. The smallest absolute Gasteiger partial charge is 0.336 e. The Morgan fingerprint density at radius 2 is 1.68 bits per heavy atom. The van der Waals surface area contributed by atoms with Crippen LogP contribution in [0.15, 0.2) is 71.2 Å². The molecule has 3 nitrogen and oxygen atoms in total. The van der Waals surface area contributed by atoms with Gasteiger partial charge in [0.05, 0.1) is 16.8 Å². The molecule has 5 heteroatoms. The van der Waals surface area contributed by atoms with E-state index in [9.17, 15) is 14.3 Å². The maximum absolute atomic E-state index is 13.7. The summed E-state index contributed by atoms with van der Waals surface area (Å²) in [6, 6.07) is 19.7. The molecule has 1 aromatic heterocycles. The summed E-state index contributed by atoms with van der Waals surface area (Å²) in [7, 11) is 0. The van der Waals surface area contributed by atoms with E-state index in [2.05, 4.69) is 15.9 Å². The number of nitrogens with zero attached hydrogens (tertiary/aromatic N) is 1. The third-order valence-corrected chi connectivity index (χ3v) is 5.27. The summed E-state index contributed by atoms with van der Waals surface area (Å²) < 4.78 is 14.7. The van der Waals surface area contributed by atoms with Crippen LogP contribution in [0.2, 0.25) is 0 Å². The largest absolute Gasteiger partial charge is 0.478 e. The van der Waals surface area contributed by atoms with Gasteiger partial charge in [-0.15, -0.1) is 0 Å². The minimum Gasteiger partial charge on any atom is -0.478 e. The molecule has 1 heterocycles. The van der Waals surface area contributed by atoms with Crippen molar-refractivity contribution in [2.24, 2.45) is 0 Å². The molecule has 0 unspecified atom stereocenters. The monoisotopic (exact) mass is 435 g/mol. The van der Waals surface area contributed by atoms with E-state index in [1.54, 1.807) is 6.92 Å². The molecule has 0 saturated carbocycles. The van der Waals surface area contributed by atoms with Gasteiger partial charge in [0.25, 0.3) is 0 Å². The standard InChI is InChI=1S/C23H15BrFNO2/c1-13-21(23(27)28)19-12-16(25)10-11-20(19)26-22(13)18-5-3-2-4-17(18)14-6-8-15(24)9-7-14/h2-12H,1H3,(H,27,28). The summed E-state index contributed by atoms with van der Waals surface area (Å²) in [4.78, 5) is 16.7. The van der Waals surface area contributed by atoms with Gasteiger partial charge >= 0.3 is 5.97 Å². The Morgan fingerprint density at radius 1 is 1.00 bits per heavy atom. The quantitative estimate of drug-likeness (QED) is 0.400. The number of hydrogen-bond acceptors (Lipinski definition) is 2. The second-order valence-corrected chi connectivity index (χ2v) is 7.40. The molecule has 4 rings (SSSR count). The highest BCUT2D eigenvalue weighted by Crippen LogP contribution is 2.36. The Morgan fingerprint density at radius 3 is 2.36 bits per heavy atom. The molecule has 0 aliphatic rings. The van der Waals surface area contributed by atoms with Gasteiger partial charge in [-0.3, -0.25) is 0 Å². The highest BCUT2D eigenvalue weighted by molar-refractivity contribution is 9.10. The number of carboxylic acid groups (broad SMARTS) is 1. The molecule has 1 N–H and O–H groups in total. The van der Waals surface area contributed by atoms with Crippen molar-refractivity contribution in [2.45, 2.75) is 6.92 Å². The molecule has 0 spiro atoms. The third kappa shape index (κ3) is 3.18. The number of rotatable bonds is 3. The number of aromatic carboxylic acids is 1. The van der Waals surface area contributed by atoms with Gasteiger partial charge in [0.1, 0.15) is 5.82 Å². The first kappa shape index (κ1) is 18.3. The number of carbonyl (C=O) groups is 1. The lowest BCUT2D eigenvalue weighted by Crippen LogP contribution is -2.05. The fourth-order valence-electron chi connectivity index (χ4n) is 3.44. The Kier molecular flexibility index (Phi) is 4.69. The van der Waals surface area contributed by atoms with Crippen LogP contribution in [0, 0.1) is 12.7 Å². The molecule has 0 bridgehead atoms. The Labute approximate surface area is 169 Å². The molecular formula is C23H15BrFNO2. The van der Waals surface area contributed by atoms with Crippen LogP contribution in [-0.2, 0) is 0 Å². The van der Waals surface area contributed by atoms with Crippen molar-refractivity contribution in [3.8, 4) is 22.4 Å². The SMILES string of the molecule is Cc1c(-c2ccccc2-c2ccc(Br)cc2)nc2ccc(F)cc2c1C(=O)O. The summed E-state index contributed by atoms with van der Waals surface area (Å²) in [6.07, 6.45) is 0. The highest BCUT2D eigenvalue weighted by atomic mass is 79.9. The lowest BCUT2D eigenvalue weighted by atomic mass is 9.92. The van der Waals surface area contributed by atoms with Crippen molar-refractivity contribution in [3.63, 3.8) is 0 Å². The summed E-state index contributed by atoms with van der Waals surface area (Å²) in [5.41, 5.74) is 4.39. The van der Waals surface area contributed by atoms with E-state index in [0.717, 1.165) is 21.2 Å². The third-order valence-electron chi connectivity index (χ3n) is 4.74. The van der Waals surface area contributed by atoms with Gasteiger partial charge in [-0.25, -0.2) is 14.2 Å². The zero-order valence-electron chi connectivity index (χ0n) is 14.9. The number of aromatic nitrogens is 1. The molecule has 3 aromatic carbocycles. The fourth-order valence-corrected chi connectivity index (χ4v) is 3.70. The number of hydrogen-bond donors (Lipinski definition) is 1. The van der Waals surface area contributed by atoms with E-state index in [0.29, 0.717) is 22.2 Å². The topological polar surface area (TPSA) is 50.2 Å². The molecule has 0 aliphatic heterocycles. The van der Waals surface area contributed by atoms with E-state index >= 15 is 0 Å². The van der Waals surface area contributed by atoms with E-state index in [4.69, 9.17) is 4.98 Å². The van der Waals surface area contributed by atoms with E-state index in [-0.39, 0.29) is 5.56 Å². The van der Waals surface area contributed by atoms with Crippen molar-refractivity contribution in [2.75, 3.05) is 0 Å². The zero-order chi connectivity index (χ0) is 19.8. The van der Waals surface area contributed by atoms with E-state index < -0.39 is 11.8 Å². The van der Waals surface area contributed by atoms with Crippen LogP contribution in [0.1, 0.15) is 15.9 Å². The molecule has 4 aromatic rings. The van der Waals surface area contributed by atoms with Gasteiger partial charge in [-0.1, -0.05) is 52.3 Å². The van der Waals surface area contributed by atoms with Crippen LogP contribution in [0.3, 0.4) is 0 Å². The van der Waals surface area contributed by atoms with Crippen molar-refractivity contribution in [1.29, 1.82) is 0 Å².